The Labute approximate surface area is 126 Å². The van der Waals surface area contributed by atoms with Gasteiger partial charge < -0.3 is 10.1 Å². The maximum Gasteiger partial charge on any atom is 0.252 e. The van der Waals surface area contributed by atoms with Crippen molar-refractivity contribution in [3.63, 3.8) is 0 Å². The number of fused-ring (bicyclic) bond motifs is 2. The third-order valence-corrected chi connectivity index (χ3v) is 3.66. The lowest BCUT2D eigenvalue weighted by Gasteiger charge is -2.01. The number of amides is 1. The van der Waals surface area contributed by atoms with Gasteiger partial charge in [-0.15, -0.1) is 0 Å². The lowest BCUT2D eigenvalue weighted by Crippen LogP contribution is -2.12. The Morgan fingerprint density at radius 1 is 1.09 bits per heavy atom. The second-order valence-electron chi connectivity index (χ2n) is 5.02. The molecule has 0 unspecified atom stereocenters. The summed E-state index contributed by atoms with van der Waals surface area (Å²) in [5, 5.41) is 2.12. The maximum atomic E-state index is 11.5. The number of rotatable bonds is 2. The molecule has 1 aromatic carbocycles. The van der Waals surface area contributed by atoms with E-state index in [0.717, 1.165) is 16.5 Å². The molecule has 0 spiro atoms. The molecule has 3 heterocycles. The van der Waals surface area contributed by atoms with Crippen molar-refractivity contribution in [2.75, 3.05) is 0 Å². The summed E-state index contributed by atoms with van der Waals surface area (Å²) >= 11 is 0. The maximum absolute atomic E-state index is 11.5. The zero-order valence-electron chi connectivity index (χ0n) is 11.6. The monoisotopic (exact) mass is 288 g/mol. The molecule has 0 saturated heterocycles. The SMILES string of the molecule is NC(=O)c1cccn2cc(-c3nccc4ccccc34)nc12. The van der Waals surface area contributed by atoms with Crippen LogP contribution in [0.4, 0.5) is 0 Å². The molecule has 5 heteroatoms. The lowest BCUT2D eigenvalue weighted by molar-refractivity contribution is 0.100. The Balaban J connectivity index is 2.01. The largest absolute Gasteiger partial charge is 0.365 e. The number of nitrogens with zero attached hydrogens (tertiary/aromatic N) is 3. The fourth-order valence-corrected chi connectivity index (χ4v) is 2.64. The van der Waals surface area contributed by atoms with E-state index in [1.807, 2.05) is 42.7 Å². The predicted octanol–water partition coefficient (Wildman–Crippen LogP) is 2.65. The molecule has 4 aromatic rings. The van der Waals surface area contributed by atoms with Crippen molar-refractivity contribution in [2.24, 2.45) is 5.73 Å². The van der Waals surface area contributed by atoms with Gasteiger partial charge >= 0.3 is 0 Å². The van der Waals surface area contributed by atoms with Crippen LogP contribution < -0.4 is 5.73 Å². The van der Waals surface area contributed by atoms with E-state index in [1.54, 1.807) is 22.7 Å². The van der Waals surface area contributed by atoms with E-state index in [2.05, 4.69) is 9.97 Å². The molecule has 0 fully saturated rings. The van der Waals surface area contributed by atoms with Gasteiger partial charge in [-0.2, -0.15) is 0 Å². The zero-order chi connectivity index (χ0) is 15.1. The van der Waals surface area contributed by atoms with Crippen LogP contribution in [-0.4, -0.2) is 20.3 Å². The fraction of sp³-hybridized carbons (Fsp3) is 0. The molecule has 0 aliphatic rings. The molecule has 0 saturated carbocycles. The van der Waals surface area contributed by atoms with Crippen LogP contribution in [0.2, 0.25) is 0 Å². The highest BCUT2D eigenvalue weighted by Crippen LogP contribution is 2.26. The van der Waals surface area contributed by atoms with Gasteiger partial charge in [0.25, 0.3) is 5.91 Å². The van der Waals surface area contributed by atoms with Crippen molar-refractivity contribution in [3.8, 4) is 11.4 Å². The van der Waals surface area contributed by atoms with E-state index >= 15 is 0 Å². The molecule has 22 heavy (non-hydrogen) atoms. The molecular formula is C17H12N4O. The van der Waals surface area contributed by atoms with Gasteiger partial charge in [0.2, 0.25) is 0 Å². The van der Waals surface area contributed by atoms with Gasteiger partial charge in [-0.1, -0.05) is 24.3 Å². The number of primary amides is 1. The fourth-order valence-electron chi connectivity index (χ4n) is 2.64. The first kappa shape index (κ1) is 12.5. The molecule has 5 nitrogen and oxygen atoms in total. The highest BCUT2D eigenvalue weighted by atomic mass is 16.1. The van der Waals surface area contributed by atoms with E-state index in [9.17, 15) is 4.79 Å². The van der Waals surface area contributed by atoms with Gasteiger partial charge in [-0.3, -0.25) is 9.78 Å². The number of hydrogen-bond acceptors (Lipinski definition) is 3. The number of hydrogen-bond donors (Lipinski definition) is 1. The highest BCUT2D eigenvalue weighted by molar-refractivity contribution is 5.99. The first-order valence-electron chi connectivity index (χ1n) is 6.86. The molecule has 2 N–H and O–H groups in total. The molecule has 0 radical (unpaired) electrons. The van der Waals surface area contributed by atoms with E-state index < -0.39 is 5.91 Å². The smallest absolute Gasteiger partial charge is 0.252 e. The number of pyridine rings is 2. The van der Waals surface area contributed by atoms with Gasteiger partial charge in [0.15, 0.2) is 0 Å². The second-order valence-corrected chi connectivity index (χ2v) is 5.02. The quantitative estimate of drug-likeness (QED) is 0.616. The molecule has 3 aromatic heterocycles. The predicted molar refractivity (Wildman–Crippen MR) is 84.4 cm³/mol. The van der Waals surface area contributed by atoms with Crippen molar-refractivity contribution in [3.05, 3.63) is 66.6 Å². The Bertz CT molecular complexity index is 1010. The summed E-state index contributed by atoms with van der Waals surface area (Å²) in [6.45, 7) is 0. The molecule has 0 bridgehead atoms. The molecule has 0 aliphatic heterocycles. The molecule has 106 valence electrons. The van der Waals surface area contributed by atoms with Crippen LogP contribution in [0.5, 0.6) is 0 Å². The number of benzene rings is 1. The Morgan fingerprint density at radius 3 is 2.82 bits per heavy atom. The molecular weight excluding hydrogens is 276 g/mol. The van der Waals surface area contributed by atoms with E-state index in [-0.39, 0.29) is 0 Å². The average Bonchev–Trinajstić information content (AvgIpc) is 2.97. The average molecular weight is 288 g/mol. The Hall–Kier alpha value is -3.21. The summed E-state index contributed by atoms with van der Waals surface area (Å²) < 4.78 is 1.79. The minimum atomic E-state index is -0.492. The first-order valence-corrected chi connectivity index (χ1v) is 6.86. The highest BCUT2D eigenvalue weighted by Gasteiger charge is 2.13. The van der Waals surface area contributed by atoms with E-state index in [4.69, 9.17) is 5.73 Å². The standard InChI is InChI=1S/C17H12N4O/c18-16(22)13-6-3-9-21-10-14(20-17(13)21)15-12-5-2-1-4-11(12)7-8-19-15/h1-10H,(H2,18,22). The van der Waals surface area contributed by atoms with Gasteiger partial charge in [0, 0.05) is 24.0 Å². The molecule has 4 rings (SSSR count). The van der Waals surface area contributed by atoms with Crippen molar-refractivity contribution >= 4 is 22.3 Å². The second kappa shape index (κ2) is 4.66. The molecule has 0 aliphatic carbocycles. The number of aromatic nitrogens is 3. The summed E-state index contributed by atoms with van der Waals surface area (Å²) in [5.41, 5.74) is 7.85. The molecule has 1 amide bonds. The first-order chi connectivity index (χ1) is 10.7. The third kappa shape index (κ3) is 1.83. The van der Waals surface area contributed by atoms with Crippen molar-refractivity contribution in [2.45, 2.75) is 0 Å². The van der Waals surface area contributed by atoms with Crippen LogP contribution >= 0.6 is 0 Å². The summed E-state index contributed by atoms with van der Waals surface area (Å²) in [4.78, 5) is 20.5. The van der Waals surface area contributed by atoms with Crippen LogP contribution in [0.15, 0.2) is 61.1 Å². The zero-order valence-corrected chi connectivity index (χ0v) is 11.6. The van der Waals surface area contributed by atoms with Gasteiger partial charge in [-0.25, -0.2) is 4.98 Å². The lowest BCUT2D eigenvalue weighted by atomic mass is 10.1. The summed E-state index contributed by atoms with van der Waals surface area (Å²) in [5.74, 6) is -0.492. The van der Waals surface area contributed by atoms with Gasteiger partial charge in [0.1, 0.15) is 11.3 Å². The Morgan fingerprint density at radius 2 is 1.95 bits per heavy atom. The van der Waals surface area contributed by atoms with E-state index in [1.165, 1.54) is 0 Å². The normalized spacial score (nSPS) is 11.1. The van der Waals surface area contributed by atoms with Crippen LogP contribution in [0, 0.1) is 0 Å². The van der Waals surface area contributed by atoms with Crippen LogP contribution in [0.1, 0.15) is 10.4 Å². The molecule has 0 atom stereocenters. The van der Waals surface area contributed by atoms with E-state index in [0.29, 0.717) is 16.9 Å². The summed E-state index contributed by atoms with van der Waals surface area (Å²) in [7, 11) is 0. The number of carbonyl (C=O) groups excluding carboxylic acids is 1. The van der Waals surface area contributed by atoms with Gasteiger partial charge in [0.05, 0.1) is 11.3 Å². The minimum Gasteiger partial charge on any atom is -0.365 e. The van der Waals surface area contributed by atoms with Crippen LogP contribution in [0.25, 0.3) is 27.8 Å². The van der Waals surface area contributed by atoms with Crippen molar-refractivity contribution < 1.29 is 4.79 Å². The van der Waals surface area contributed by atoms with Crippen LogP contribution in [0.3, 0.4) is 0 Å². The topological polar surface area (TPSA) is 73.3 Å². The van der Waals surface area contributed by atoms with Crippen LogP contribution in [-0.2, 0) is 0 Å². The number of carbonyl (C=O) groups is 1. The number of imidazole rings is 1. The van der Waals surface area contributed by atoms with Crippen molar-refractivity contribution in [1.82, 2.24) is 14.4 Å². The number of nitrogens with two attached hydrogens (primary N) is 1. The third-order valence-electron chi connectivity index (χ3n) is 3.66. The van der Waals surface area contributed by atoms with Gasteiger partial charge in [-0.05, 0) is 23.6 Å². The minimum absolute atomic E-state index is 0.397. The van der Waals surface area contributed by atoms with Crippen molar-refractivity contribution in [1.29, 1.82) is 0 Å². The summed E-state index contributed by atoms with van der Waals surface area (Å²) in [6.07, 6.45) is 5.45. The Kier molecular flexibility index (Phi) is 2.66. The summed E-state index contributed by atoms with van der Waals surface area (Å²) in [6, 6.07) is 13.4.